The number of aromatic nitrogens is 1. The van der Waals surface area contributed by atoms with Crippen LogP contribution in [0.25, 0.3) is 0 Å². The fraction of sp³-hybridized carbons (Fsp3) is 0.417. The van der Waals surface area contributed by atoms with Gasteiger partial charge >= 0.3 is 5.97 Å². The summed E-state index contributed by atoms with van der Waals surface area (Å²) >= 11 is 1.38. The number of pyridine rings is 1. The fourth-order valence-electron chi connectivity index (χ4n) is 1.52. The van der Waals surface area contributed by atoms with E-state index in [4.69, 9.17) is 5.11 Å². The lowest BCUT2D eigenvalue weighted by Gasteiger charge is -2.24. The molecule has 1 heterocycles. The summed E-state index contributed by atoms with van der Waals surface area (Å²) < 4.78 is 0. The molecule has 0 aromatic carbocycles. The van der Waals surface area contributed by atoms with Crippen LogP contribution in [0.1, 0.15) is 30.6 Å². The fourth-order valence-corrected chi connectivity index (χ4v) is 2.07. The van der Waals surface area contributed by atoms with Gasteiger partial charge in [0.05, 0.1) is 12.0 Å². The first kappa shape index (κ1) is 14.5. The summed E-state index contributed by atoms with van der Waals surface area (Å²) in [5.41, 5.74) is -0.336. The average Bonchev–Trinajstić information content (AvgIpc) is 2.26. The van der Waals surface area contributed by atoms with Gasteiger partial charge in [-0.05, 0) is 32.2 Å². The van der Waals surface area contributed by atoms with Crippen molar-refractivity contribution in [3.05, 3.63) is 23.9 Å². The van der Waals surface area contributed by atoms with Gasteiger partial charge in [-0.1, -0.05) is 0 Å². The molecule has 18 heavy (non-hydrogen) atoms. The minimum Gasteiger partial charge on any atom is -0.481 e. The molecule has 0 spiro atoms. The molecule has 1 amide bonds. The van der Waals surface area contributed by atoms with E-state index in [1.54, 1.807) is 32.2 Å². The number of nitrogens with one attached hydrogen (secondary N) is 1. The Bertz CT molecular complexity index is 460. The lowest BCUT2D eigenvalue weighted by atomic mass is 10.0. The summed E-state index contributed by atoms with van der Waals surface area (Å²) in [5.74, 6) is -1.25. The Morgan fingerprint density at radius 3 is 2.72 bits per heavy atom. The van der Waals surface area contributed by atoms with Crippen LogP contribution >= 0.6 is 11.8 Å². The zero-order chi connectivity index (χ0) is 13.8. The summed E-state index contributed by atoms with van der Waals surface area (Å²) in [5, 5.41) is 12.1. The molecule has 6 heteroatoms. The van der Waals surface area contributed by atoms with Crippen molar-refractivity contribution in [3.8, 4) is 0 Å². The lowest BCUT2D eigenvalue weighted by molar-refractivity contribution is -0.138. The number of hydrogen-bond acceptors (Lipinski definition) is 4. The van der Waals surface area contributed by atoms with Gasteiger partial charge in [0.15, 0.2) is 0 Å². The van der Waals surface area contributed by atoms with Crippen molar-refractivity contribution in [2.75, 3.05) is 6.26 Å². The Kier molecular flexibility index (Phi) is 4.72. The van der Waals surface area contributed by atoms with Crippen molar-refractivity contribution < 1.29 is 14.7 Å². The molecule has 1 rings (SSSR count). The number of aliphatic carboxylic acids is 1. The van der Waals surface area contributed by atoms with E-state index >= 15 is 0 Å². The third-order valence-electron chi connectivity index (χ3n) is 2.25. The molecule has 5 nitrogen and oxygen atoms in total. The van der Waals surface area contributed by atoms with Crippen LogP contribution in [0.5, 0.6) is 0 Å². The van der Waals surface area contributed by atoms with E-state index in [2.05, 4.69) is 10.3 Å². The van der Waals surface area contributed by atoms with Gasteiger partial charge in [0, 0.05) is 11.7 Å². The van der Waals surface area contributed by atoms with Gasteiger partial charge in [0.25, 0.3) is 5.91 Å². The normalized spacial score (nSPS) is 11.1. The Balaban J connectivity index is 2.85. The van der Waals surface area contributed by atoms with Gasteiger partial charge < -0.3 is 10.4 Å². The van der Waals surface area contributed by atoms with Crippen LogP contribution in [0.2, 0.25) is 0 Å². The molecule has 0 saturated heterocycles. The minimum absolute atomic E-state index is 0.131. The number of amides is 1. The van der Waals surface area contributed by atoms with E-state index in [1.807, 2.05) is 6.26 Å². The summed E-state index contributed by atoms with van der Waals surface area (Å²) in [7, 11) is 0. The quantitative estimate of drug-likeness (QED) is 0.796. The molecule has 1 aromatic heterocycles. The first-order valence-corrected chi connectivity index (χ1v) is 6.61. The molecule has 0 atom stereocenters. The second kappa shape index (κ2) is 5.86. The SMILES string of the molecule is CSc1ncccc1C(=O)NC(C)(C)CC(=O)O. The Labute approximate surface area is 110 Å². The number of nitrogens with zero attached hydrogens (tertiary/aromatic N) is 1. The number of carboxylic acids is 1. The van der Waals surface area contributed by atoms with Crippen molar-refractivity contribution in [3.63, 3.8) is 0 Å². The summed E-state index contributed by atoms with van der Waals surface area (Å²) in [6.07, 6.45) is 3.32. The number of hydrogen-bond donors (Lipinski definition) is 2. The topological polar surface area (TPSA) is 79.3 Å². The zero-order valence-electron chi connectivity index (χ0n) is 10.6. The average molecular weight is 268 g/mol. The highest BCUT2D eigenvalue weighted by atomic mass is 32.2. The number of carbonyl (C=O) groups is 2. The zero-order valence-corrected chi connectivity index (χ0v) is 11.4. The first-order chi connectivity index (χ1) is 8.35. The number of carbonyl (C=O) groups excluding carboxylic acids is 1. The van der Waals surface area contributed by atoms with E-state index in [-0.39, 0.29) is 12.3 Å². The Morgan fingerprint density at radius 1 is 1.50 bits per heavy atom. The molecule has 0 aliphatic rings. The van der Waals surface area contributed by atoms with Crippen LogP contribution in [0.4, 0.5) is 0 Å². The van der Waals surface area contributed by atoms with E-state index in [0.717, 1.165) is 0 Å². The molecule has 0 radical (unpaired) electrons. The maximum atomic E-state index is 12.1. The number of rotatable bonds is 5. The Morgan fingerprint density at radius 2 is 2.17 bits per heavy atom. The van der Waals surface area contributed by atoms with Crippen molar-refractivity contribution in [2.45, 2.75) is 30.8 Å². The molecule has 1 aromatic rings. The third-order valence-corrected chi connectivity index (χ3v) is 2.97. The van der Waals surface area contributed by atoms with Crippen LogP contribution in [-0.4, -0.2) is 33.8 Å². The summed E-state index contributed by atoms with van der Waals surface area (Å²) in [6, 6.07) is 3.35. The van der Waals surface area contributed by atoms with E-state index in [0.29, 0.717) is 10.6 Å². The van der Waals surface area contributed by atoms with Gasteiger partial charge in [-0.3, -0.25) is 9.59 Å². The predicted octanol–water partition coefficient (Wildman–Crippen LogP) is 1.79. The maximum Gasteiger partial charge on any atom is 0.305 e. The summed E-state index contributed by atoms with van der Waals surface area (Å²) in [6.45, 7) is 3.35. The predicted molar refractivity (Wildman–Crippen MR) is 69.8 cm³/mol. The number of carboxylic acid groups (broad SMARTS) is 1. The van der Waals surface area contributed by atoms with Gasteiger partial charge in [-0.2, -0.15) is 0 Å². The molecule has 0 aliphatic carbocycles. The van der Waals surface area contributed by atoms with Crippen molar-refractivity contribution >= 4 is 23.6 Å². The highest BCUT2D eigenvalue weighted by molar-refractivity contribution is 7.98. The molecule has 0 unspecified atom stereocenters. The third kappa shape index (κ3) is 4.03. The molecule has 98 valence electrons. The first-order valence-electron chi connectivity index (χ1n) is 5.39. The van der Waals surface area contributed by atoms with Gasteiger partial charge in [0.2, 0.25) is 0 Å². The number of thioether (sulfide) groups is 1. The second-order valence-corrected chi connectivity index (χ2v) is 5.26. The molecule has 0 aliphatic heterocycles. The molecule has 2 N–H and O–H groups in total. The smallest absolute Gasteiger partial charge is 0.305 e. The van der Waals surface area contributed by atoms with Crippen molar-refractivity contribution in [1.29, 1.82) is 0 Å². The van der Waals surface area contributed by atoms with Gasteiger partial charge in [-0.25, -0.2) is 4.98 Å². The molecular formula is C12H16N2O3S. The molecule has 0 saturated carbocycles. The van der Waals surface area contributed by atoms with Crippen molar-refractivity contribution in [1.82, 2.24) is 10.3 Å². The van der Waals surface area contributed by atoms with Crippen molar-refractivity contribution in [2.24, 2.45) is 0 Å². The van der Waals surface area contributed by atoms with Crippen LogP contribution in [-0.2, 0) is 4.79 Å². The van der Waals surface area contributed by atoms with Gasteiger partial charge in [-0.15, -0.1) is 11.8 Å². The van der Waals surface area contributed by atoms with E-state index in [1.165, 1.54) is 11.8 Å². The van der Waals surface area contributed by atoms with E-state index in [9.17, 15) is 9.59 Å². The van der Waals surface area contributed by atoms with Gasteiger partial charge in [0.1, 0.15) is 5.03 Å². The second-order valence-electron chi connectivity index (χ2n) is 4.47. The lowest BCUT2D eigenvalue weighted by Crippen LogP contribution is -2.45. The van der Waals surface area contributed by atoms with Crippen LogP contribution in [0, 0.1) is 0 Å². The van der Waals surface area contributed by atoms with Crippen LogP contribution in [0.3, 0.4) is 0 Å². The largest absolute Gasteiger partial charge is 0.481 e. The minimum atomic E-state index is -0.948. The standard InChI is InChI=1S/C12H16N2O3S/c1-12(2,7-9(15)16)14-10(17)8-5-4-6-13-11(8)18-3/h4-6H,7H2,1-3H3,(H,14,17)(H,15,16). The highest BCUT2D eigenvalue weighted by Crippen LogP contribution is 2.18. The molecule has 0 fully saturated rings. The maximum absolute atomic E-state index is 12.1. The van der Waals surface area contributed by atoms with Crippen LogP contribution in [0.15, 0.2) is 23.4 Å². The highest BCUT2D eigenvalue weighted by Gasteiger charge is 2.25. The summed E-state index contributed by atoms with van der Waals surface area (Å²) in [4.78, 5) is 26.8. The Hall–Kier alpha value is -1.56. The molecule has 0 bridgehead atoms. The monoisotopic (exact) mass is 268 g/mol. The van der Waals surface area contributed by atoms with E-state index < -0.39 is 11.5 Å². The van der Waals surface area contributed by atoms with Crippen LogP contribution < -0.4 is 5.32 Å². The molecular weight excluding hydrogens is 252 g/mol.